The van der Waals surface area contributed by atoms with Crippen LogP contribution in [0, 0.1) is 0 Å². The fourth-order valence-electron chi connectivity index (χ4n) is 2.42. The first-order valence-corrected chi connectivity index (χ1v) is 6.31. The molecule has 1 saturated heterocycles. The van der Waals surface area contributed by atoms with E-state index in [9.17, 15) is 9.59 Å². The van der Waals surface area contributed by atoms with Crippen LogP contribution in [-0.2, 0) is 11.2 Å². The molecular formula is C14H18N2O2. The zero-order chi connectivity index (χ0) is 13.1. The Morgan fingerprint density at radius 3 is 2.83 bits per heavy atom. The second kappa shape index (κ2) is 5.21. The molecular weight excluding hydrogens is 228 g/mol. The van der Waals surface area contributed by atoms with E-state index in [1.165, 1.54) is 5.56 Å². The van der Waals surface area contributed by atoms with Crippen molar-refractivity contribution < 1.29 is 9.59 Å². The van der Waals surface area contributed by atoms with E-state index < -0.39 is 0 Å². The Hall–Kier alpha value is -1.84. The average Bonchev–Trinajstić information content (AvgIpc) is 2.38. The summed E-state index contributed by atoms with van der Waals surface area (Å²) in [6.45, 7) is 2.69. The number of amides is 2. The van der Waals surface area contributed by atoms with E-state index in [0.29, 0.717) is 24.4 Å². The van der Waals surface area contributed by atoms with Crippen LogP contribution >= 0.6 is 0 Å². The minimum absolute atomic E-state index is 0.121. The zero-order valence-electron chi connectivity index (χ0n) is 10.5. The van der Waals surface area contributed by atoms with Gasteiger partial charge in [-0.25, -0.2) is 0 Å². The normalized spacial score (nSPS) is 19.4. The quantitative estimate of drug-likeness (QED) is 0.844. The summed E-state index contributed by atoms with van der Waals surface area (Å²) in [5, 5.41) is 2.87. The summed E-state index contributed by atoms with van der Waals surface area (Å²) >= 11 is 0. The highest BCUT2D eigenvalue weighted by Gasteiger charge is 2.20. The predicted octanol–water partition coefficient (Wildman–Crippen LogP) is 1.34. The van der Waals surface area contributed by atoms with Crippen LogP contribution in [0.15, 0.2) is 18.2 Å². The van der Waals surface area contributed by atoms with E-state index in [1.54, 1.807) is 6.07 Å². The Kier molecular flexibility index (Phi) is 3.65. The molecule has 1 aromatic rings. The number of hydrogen-bond donors (Lipinski definition) is 2. The SMILES string of the molecule is CCc1cc(C2CCC(=O)NC2)ccc1C(N)=O. The summed E-state index contributed by atoms with van der Waals surface area (Å²) in [5.41, 5.74) is 8.10. The van der Waals surface area contributed by atoms with Gasteiger partial charge in [0.05, 0.1) is 0 Å². The van der Waals surface area contributed by atoms with Gasteiger partial charge in [-0.3, -0.25) is 9.59 Å². The van der Waals surface area contributed by atoms with Crippen molar-refractivity contribution in [2.75, 3.05) is 6.54 Å². The highest BCUT2D eigenvalue weighted by molar-refractivity contribution is 5.94. The molecule has 0 radical (unpaired) electrons. The zero-order valence-corrected chi connectivity index (χ0v) is 10.5. The van der Waals surface area contributed by atoms with E-state index in [1.807, 2.05) is 19.1 Å². The number of carbonyl (C=O) groups excluding carboxylic acids is 2. The third-order valence-corrected chi connectivity index (χ3v) is 3.51. The van der Waals surface area contributed by atoms with Crippen LogP contribution in [0.5, 0.6) is 0 Å². The van der Waals surface area contributed by atoms with Crippen LogP contribution in [0.1, 0.15) is 47.2 Å². The number of aryl methyl sites for hydroxylation is 1. The van der Waals surface area contributed by atoms with Crippen molar-refractivity contribution in [3.63, 3.8) is 0 Å². The lowest BCUT2D eigenvalue weighted by atomic mass is 9.88. The lowest BCUT2D eigenvalue weighted by Gasteiger charge is -2.23. The van der Waals surface area contributed by atoms with Crippen LogP contribution in [0.4, 0.5) is 0 Å². The van der Waals surface area contributed by atoms with Crippen LogP contribution in [-0.4, -0.2) is 18.4 Å². The van der Waals surface area contributed by atoms with E-state index in [0.717, 1.165) is 18.4 Å². The maximum absolute atomic E-state index is 11.3. The van der Waals surface area contributed by atoms with Crippen LogP contribution in [0.2, 0.25) is 0 Å². The van der Waals surface area contributed by atoms with Gasteiger partial charge in [-0.2, -0.15) is 0 Å². The second-order valence-electron chi connectivity index (χ2n) is 4.67. The molecule has 1 unspecified atom stereocenters. The fourth-order valence-corrected chi connectivity index (χ4v) is 2.42. The average molecular weight is 246 g/mol. The number of primary amides is 1. The van der Waals surface area contributed by atoms with Crippen molar-refractivity contribution in [2.24, 2.45) is 5.73 Å². The maximum Gasteiger partial charge on any atom is 0.248 e. The Balaban J connectivity index is 2.24. The summed E-state index contributed by atoms with van der Waals surface area (Å²) in [7, 11) is 0. The number of benzene rings is 1. The molecule has 96 valence electrons. The smallest absolute Gasteiger partial charge is 0.248 e. The van der Waals surface area contributed by atoms with Crippen molar-refractivity contribution in [3.05, 3.63) is 34.9 Å². The molecule has 0 aromatic heterocycles. The Labute approximate surface area is 107 Å². The molecule has 0 spiro atoms. The third-order valence-electron chi connectivity index (χ3n) is 3.51. The minimum atomic E-state index is -0.379. The number of nitrogens with one attached hydrogen (secondary N) is 1. The fraction of sp³-hybridized carbons (Fsp3) is 0.429. The Morgan fingerprint density at radius 1 is 1.50 bits per heavy atom. The number of nitrogens with two attached hydrogens (primary N) is 1. The van der Waals surface area contributed by atoms with E-state index in [-0.39, 0.29) is 11.8 Å². The Morgan fingerprint density at radius 2 is 2.28 bits per heavy atom. The molecule has 4 heteroatoms. The van der Waals surface area contributed by atoms with Gasteiger partial charge in [0.1, 0.15) is 0 Å². The monoisotopic (exact) mass is 246 g/mol. The van der Waals surface area contributed by atoms with Crippen molar-refractivity contribution in [1.82, 2.24) is 5.32 Å². The third kappa shape index (κ3) is 2.53. The molecule has 0 saturated carbocycles. The summed E-state index contributed by atoms with van der Waals surface area (Å²) < 4.78 is 0. The molecule has 1 aromatic carbocycles. The first kappa shape index (κ1) is 12.6. The standard InChI is InChI=1S/C14H18N2O2/c1-2-9-7-10(3-5-12(9)14(15)18)11-4-6-13(17)16-8-11/h3,5,7,11H,2,4,6,8H2,1H3,(H2,15,18)(H,16,17). The van der Waals surface area contributed by atoms with Gasteiger partial charge in [0.2, 0.25) is 11.8 Å². The van der Waals surface area contributed by atoms with Gasteiger partial charge < -0.3 is 11.1 Å². The topological polar surface area (TPSA) is 72.2 Å². The highest BCUT2D eigenvalue weighted by atomic mass is 16.2. The molecule has 1 fully saturated rings. The first-order valence-electron chi connectivity index (χ1n) is 6.31. The molecule has 1 atom stereocenters. The van der Waals surface area contributed by atoms with Gasteiger partial charge in [-0.1, -0.05) is 19.1 Å². The van der Waals surface area contributed by atoms with Gasteiger partial charge in [0, 0.05) is 24.4 Å². The van der Waals surface area contributed by atoms with Gasteiger partial charge >= 0.3 is 0 Å². The molecule has 1 heterocycles. The molecule has 1 aliphatic heterocycles. The van der Waals surface area contributed by atoms with Crippen LogP contribution in [0.25, 0.3) is 0 Å². The van der Waals surface area contributed by atoms with E-state index in [2.05, 4.69) is 5.32 Å². The minimum Gasteiger partial charge on any atom is -0.366 e. The van der Waals surface area contributed by atoms with Gasteiger partial charge in [-0.05, 0) is 30.0 Å². The summed E-state index contributed by atoms with van der Waals surface area (Å²) in [6, 6.07) is 5.79. The van der Waals surface area contributed by atoms with Crippen LogP contribution in [0.3, 0.4) is 0 Å². The second-order valence-corrected chi connectivity index (χ2v) is 4.67. The van der Waals surface area contributed by atoms with E-state index in [4.69, 9.17) is 5.73 Å². The lowest BCUT2D eigenvalue weighted by Crippen LogP contribution is -2.33. The molecule has 4 nitrogen and oxygen atoms in total. The molecule has 2 rings (SSSR count). The Bertz CT molecular complexity index is 473. The number of hydrogen-bond acceptors (Lipinski definition) is 2. The number of rotatable bonds is 3. The molecule has 0 aliphatic carbocycles. The molecule has 1 aliphatic rings. The maximum atomic E-state index is 11.3. The van der Waals surface area contributed by atoms with Crippen LogP contribution < -0.4 is 11.1 Å². The summed E-state index contributed by atoms with van der Waals surface area (Å²) in [4.78, 5) is 22.4. The van der Waals surface area contributed by atoms with Crippen molar-refractivity contribution in [1.29, 1.82) is 0 Å². The largest absolute Gasteiger partial charge is 0.366 e. The highest BCUT2D eigenvalue weighted by Crippen LogP contribution is 2.25. The van der Waals surface area contributed by atoms with Crippen molar-refractivity contribution >= 4 is 11.8 Å². The number of piperidine rings is 1. The molecule has 0 bridgehead atoms. The molecule has 2 amide bonds. The van der Waals surface area contributed by atoms with Crippen molar-refractivity contribution in [3.8, 4) is 0 Å². The molecule has 18 heavy (non-hydrogen) atoms. The van der Waals surface area contributed by atoms with Gasteiger partial charge in [0.25, 0.3) is 0 Å². The summed E-state index contributed by atoms with van der Waals surface area (Å²) in [5.74, 6) is 0.0843. The van der Waals surface area contributed by atoms with E-state index >= 15 is 0 Å². The predicted molar refractivity (Wildman–Crippen MR) is 69.3 cm³/mol. The van der Waals surface area contributed by atoms with Crippen molar-refractivity contribution in [2.45, 2.75) is 32.1 Å². The molecule has 3 N–H and O–H groups in total. The number of carbonyl (C=O) groups is 2. The summed E-state index contributed by atoms with van der Waals surface area (Å²) in [6.07, 6.45) is 2.22. The van der Waals surface area contributed by atoms with Gasteiger partial charge in [-0.15, -0.1) is 0 Å². The lowest BCUT2D eigenvalue weighted by molar-refractivity contribution is -0.122. The van der Waals surface area contributed by atoms with Gasteiger partial charge in [0.15, 0.2) is 0 Å². The first-order chi connectivity index (χ1) is 8.61.